The quantitative estimate of drug-likeness (QED) is 0.532. The Morgan fingerprint density at radius 1 is 1.07 bits per heavy atom. The minimum Gasteiger partial charge on any atom is -0.330 e. The average molecular weight is 200 g/mol. The second-order valence-electron chi connectivity index (χ2n) is 4.10. The Bertz CT molecular complexity index is 104. The third kappa shape index (κ3) is 8.52. The molecule has 0 saturated carbocycles. The second kappa shape index (κ2) is 11.0. The van der Waals surface area contributed by atoms with Gasteiger partial charge in [-0.15, -0.1) is 0 Å². The molecule has 3 N–H and O–H groups in total. The average Bonchev–Trinajstić information content (AvgIpc) is 2.21. The fraction of sp³-hybridized carbons (Fsp3) is 1.00. The lowest BCUT2D eigenvalue weighted by molar-refractivity contribution is 0.422. The van der Waals surface area contributed by atoms with Crippen molar-refractivity contribution in [3.8, 4) is 0 Å². The third-order valence-electron chi connectivity index (χ3n) is 2.83. The van der Waals surface area contributed by atoms with Gasteiger partial charge in [0.25, 0.3) is 0 Å². The van der Waals surface area contributed by atoms with E-state index in [0.29, 0.717) is 0 Å². The largest absolute Gasteiger partial charge is 0.330 e. The van der Waals surface area contributed by atoms with E-state index in [1.165, 1.54) is 51.6 Å². The molecule has 0 radical (unpaired) electrons. The zero-order chi connectivity index (χ0) is 10.6. The number of nitrogens with one attached hydrogen (secondary N) is 1. The van der Waals surface area contributed by atoms with Gasteiger partial charge in [0.05, 0.1) is 0 Å². The van der Waals surface area contributed by atoms with Crippen molar-refractivity contribution < 1.29 is 0 Å². The molecule has 0 aromatic heterocycles. The lowest BCUT2D eigenvalue weighted by atomic mass is 9.97. The van der Waals surface area contributed by atoms with Crippen molar-refractivity contribution in [2.45, 2.75) is 52.4 Å². The molecule has 86 valence electrons. The molecule has 0 aromatic rings. The minimum absolute atomic E-state index is 0.849. The molecule has 0 aliphatic rings. The van der Waals surface area contributed by atoms with Crippen LogP contribution in [-0.4, -0.2) is 19.6 Å². The summed E-state index contributed by atoms with van der Waals surface area (Å²) in [6.07, 6.45) is 7.73. The summed E-state index contributed by atoms with van der Waals surface area (Å²) < 4.78 is 0. The Hall–Kier alpha value is -0.0800. The van der Waals surface area contributed by atoms with Gasteiger partial charge in [-0.25, -0.2) is 0 Å². The Morgan fingerprint density at radius 3 is 2.36 bits per heavy atom. The first-order valence-electron chi connectivity index (χ1n) is 6.25. The molecule has 14 heavy (non-hydrogen) atoms. The van der Waals surface area contributed by atoms with E-state index in [0.717, 1.165) is 12.5 Å². The molecule has 2 nitrogen and oxygen atoms in total. The van der Waals surface area contributed by atoms with Gasteiger partial charge in [0, 0.05) is 0 Å². The summed E-state index contributed by atoms with van der Waals surface area (Å²) in [5.41, 5.74) is 5.56. The summed E-state index contributed by atoms with van der Waals surface area (Å²) in [6.45, 7) is 7.72. The van der Waals surface area contributed by atoms with Gasteiger partial charge in [-0.2, -0.15) is 0 Å². The molecular weight excluding hydrogens is 172 g/mol. The fourth-order valence-electron chi connectivity index (χ4n) is 1.73. The van der Waals surface area contributed by atoms with E-state index in [9.17, 15) is 0 Å². The van der Waals surface area contributed by atoms with Crippen LogP contribution in [0, 0.1) is 5.92 Å². The van der Waals surface area contributed by atoms with E-state index in [1.54, 1.807) is 0 Å². The van der Waals surface area contributed by atoms with Crippen LogP contribution < -0.4 is 11.1 Å². The molecule has 0 bridgehead atoms. The van der Waals surface area contributed by atoms with Crippen molar-refractivity contribution in [2.75, 3.05) is 19.6 Å². The van der Waals surface area contributed by atoms with Gasteiger partial charge in [-0.1, -0.05) is 26.7 Å². The molecule has 0 spiro atoms. The van der Waals surface area contributed by atoms with Crippen molar-refractivity contribution in [2.24, 2.45) is 11.7 Å². The van der Waals surface area contributed by atoms with E-state index in [1.807, 2.05) is 0 Å². The number of hydrogen-bond donors (Lipinski definition) is 2. The molecule has 1 unspecified atom stereocenters. The monoisotopic (exact) mass is 200 g/mol. The SMILES string of the molecule is CCCCNCCCC(CC)CCN. The van der Waals surface area contributed by atoms with Crippen molar-refractivity contribution in [1.29, 1.82) is 0 Å². The van der Waals surface area contributed by atoms with Crippen LogP contribution in [0.4, 0.5) is 0 Å². The van der Waals surface area contributed by atoms with Gasteiger partial charge in [0.1, 0.15) is 0 Å². The van der Waals surface area contributed by atoms with E-state index in [4.69, 9.17) is 5.73 Å². The number of unbranched alkanes of at least 4 members (excludes halogenated alkanes) is 1. The first kappa shape index (κ1) is 13.9. The van der Waals surface area contributed by atoms with Crippen molar-refractivity contribution in [1.82, 2.24) is 5.32 Å². The zero-order valence-electron chi connectivity index (χ0n) is 10.0. The molecule has 0 heterocycles. The van der Waals surface area contributed by atoms with Crippen LogP contribution in [0.3, 0.4) is 0 Å². The molecule has 0 fully saturated rings. The van der Waals surface area contributed by atoms with Gasteiger partial charge in [-0.3, -0.25) is 0 Å². The maximum absolute atomic E-state index is 5.56. The zero-order valence-corrected chi connectivity index (χ0v) is 10.0. The van der Waals surface area contributed by atoms with E-state index in [2.05, 4.69) is 19.2 Å². The third-order valence-corrected chi connectivity index (χ3v) is 2.83. The van der Waals surface area contributed by atoms with E-state index < -0.39 is 0 Å². The van der Waals surface area contributed by atoms with Gasteiger partial charge < -0.3 is 11.1 Å². The Morgan fingerprint density at radius 2 is 1.79 bits per heavy atom. The first-order chi connectivity index (χ1) is 6.85. The van der Waals surface area contributed by atoms with Crippen molar-refractivity contribution in [3.63, 3.8) is 0 Å². The van der Waals surface area contributed by atoms with E-state index >= 15 is 0 Å². The van der Waals surface area contributed by atoms with Crippen LogP contribution in [-0.2, 0) is 0 Å². The normalized spacial score (nSPS) is 13.1. The van der Waals surface area contributed by atoms with Crippen LogP contribution in [0.2, 0.25) is 0 Å². The lowest BCUT2D eigenvalue weighted by Gasteiger charge is -2.13. The van der Waals surface area contributed by atoms with Gasteiger partial charge in [0.15, 0.2) is 0 Å². The summed E-state index contributed by atoms with van der Waals surface area (Å²) in [5, 5.41) is 3.48. The highest BCUT2D eigenvalue weighted by Crippen LogP contribution is 2.13. The van der Waals surface area contributed by atoms with Crippen molar-refractivity contribution >= 4 is 0 Å². The summed E-state index contributed by atoms with van der Waals surface area (Å²) in [7, 11) is 0. The summed E-state index contributed by atoms with van der Waals surface area (Å²) in [6, 6.07) is 0. The number of hydrogen-bond acceptors (Lipinski definition) is 2. The standard InChI is InChI=1S/C12H28N2/c1-3-5-10-14-11-6-7-12(4-2)8-9-13/h12,14H,3-11,13H2,1-2H3. The predicted molar refractivity (Wildman–Crippen MR) is 64.5 cm³/mol. The molecule has 0 aliphatic carbocycles. The number of rotatable bonds is 10. The maximum Gasteiger partial charge on any atom is -0.00488 e. The molecule has 0 aromatic carbocycles. The molecule has 0 amide bonds. The summed E-state index contributed by atoms with van der Waals surface area (Å²) in [5.74, 6) is 0.855. The highest BCUT2D eigenvalue weighted by molar-refractivity contribution is 4.59. The molecular formula is C12H28N2. The summed E-state index contributed by atoms with van der Waals surface area (Å²) in [4.78, 5) is 0. The van der Waals surface area contributed by atoms with Crippen LogP contribution in [0.25, 0.3) is 0 Å². The second-order valence-corrected chi connectivity index (χ2v) is 4.10. The minimum atomic E-state index is 0.849. The Kier molecular flexibility index (Phi) is 10.9. The van der Waals surface area contributed by atoms with Crippen molar-refractivity contribution in [3.05, 3.63) is 0 Å². The Labute approximate surface area is 89.6 Å². The molecule has 2 heteroatoms. The van der Waals surface area contributed by atoms with E-state index in [-0.39, 0.29) is 0 Å². The molecule has 0 aliphatic heterocycles. The summed E-state index contributed by atoms with van der Waals surface area (Å²) >= 11 is 0. The van der Waals surface area contributed by atoms with Crippen LogP contribution >= 0.6 is 0 Å². The highest BCUT2D eigenvalue weighted by atomic mass is 14.8. The predicted octanol–water partition coefficient (Wildman–Crippen LogP) is 2.53. The number of nitrogens with two attached hydrogens (primary N) is 1. The van der Waals surface area contributed by atoms with Crippen LogP contribution in [0.15, 0.2) is 0 Å². The van der Waals surface area contributed by atoms with Gasteiger partial charge >= 0.3 is 0 Å². The molecule has 0 saturated heterocycles. The lowest BCUT2D eigenvalue weighted by Crippen LogP contribution is -2.18. The maximum atomic E-state index is 5.56. The highest BCUT2D eigenvalue weighted by Gasteiger charge is 2.03. The molecule has 1 atom stereocenters. The smallest absolute Gasteiger partial charge is 0.00488 e. The fourth-order valence-corrected chi connectivity index (χ4v) is 1.73. The van der Waals surface area contributed by atoms with Gasteiger partial charge in [0.2, 0.25) is 0 Å². The first-order valence-corrected chi connectivity index (χ1v) is 6.25. The van der Waals surface area contributed by atoms with Gasteiger partial charge in [-0.05, 0) is 51.2 Å². The van der Waals surface area contributed by atoms with Crippen LogP contribution in [0.1, 0.15) is 52.4 Å². The Balaban J connectivity index is 3.15. The van der Waals surface area contributed by atoms with Crippen LogP contribution in [0.5, 0.6) is 0 Å². The molecule has 0 rings (SSSR count). The topological polar surface area (TPSA) is 38.0 Å².